The molecule has 0 amide bonds. The summed E-state index contributed by atoms with van der Waals surface area (Å²) in [6.07, 6.45) is 7.19. The fourth-order valence-corrected chi connectivity index (χ4v) is 2.97. The van der Waals surface area contributed by atoms with Gasteiger partial charge in [-0.05, 0) is 34.9 Å². The highest BCUT2D eigenvalue weighted by Gasteiger charge is 2.13. The summed E-state index contributed by atoms with van der Waals surface area (Å²) >= 11 is 0. The minimum absolute atomic E-state index is 0.248. The van der Waals surface area contributed by atoms with Crippen molar-refractivity contribution in [3.05, 3.63) is 97.1 Å². The van der Waals surface area contributed by atoms with Crippen LogP contribution < -0.4 is 0 Å². The molecular formula is C21H16FN3. The van der Waals surface area contributed by atoms with Crippen LogP contribution in [-0.4, -0.2) is 14.5 Å². The van der Waals surface area contributed by atoms with E-state index in [-0.39, 0.29) is 5.82 Å². The van der Waals surface area contributed by atoms with Crippen molar-refractivity contribution < 1.29 is 4.39 Å². The van der Waals surface area contributed by atoms with Gasteiger partial charge in [0.2, 0.25) is 0 Å². The van der Waals surface area contributed by atoms with E-state index in [1.165, 1.54) is 6.07 Å². The van der Waals surface area contributed by atoms with E-state index < -0.39 is 0 Å². The standard InChI is InChI=1S/C21H16FN3/c22-17-8-9-18(20(13-17)16-5-2-1-3-6-16)19-7-4-10-24-21(19)14-25-12-11-23-15-25/h1-13,15H,14H2. The highest BCUT2D eigenvalue weighted by molar-refractivity contribution is 5.84. The molecule has 3 nitrogen and oxygen atoms in total. The predicted molar refractivity (Wildman–Crippen MR) is 96.4 cm³/mol. The minimum Gasteiger partial charge on any atom is -0.331 e. The van der Waals surface area contributed by atoms with Gasteiger partial charge in [0.05, 0.1) is 18.6 Å². The van der Waals surface area contributed by atoms with Crippen molar-refractivity contribution in [3.63, 3.8) is 0 Å². The van der Waals surface area contributed by atoms with E-state index in [9.17, 15) is 4.39 Å². The number of imidazole rings is 1. The second-order valence-electron chi connectivity index (χ2n) is 5.79. The van der Waals surface area contributed by atoms with Crippen LogP contribution >= 0.6 is 0 Å². The highest BCUT2D eigenvalue weighted by Crippen LogP contribution is 2.34. The number of halogens is 1. The minimum atomic E-state index is -0.248. The summed E-state index contributed by atoms with van der Waals surface area (Å²) in [6.45, 7) is 0.613. The maximum absolute atomic E-state index is 13.9. The first-order valence-corrected chi connectivity index (χ1v) is 8.06. The average molecular weight is 329 g/mol. The molecule has 0 saturated heterocycles. The normalized spacial score (nSPS) is 10.8. The second kappa shape index (κ2) is 6.69. The van der Waals surface area contributed by atoms with Crippen molar-refractivity contribution in [2.24, 2.45) is 0 Å². The van der Waals surface area contributed by atoms with Crippen LogP contribution in [0.5, 0.6) is 0 Å². The van der Waals surface area contributed by atoms with E-state index in [1.54, 1.807) is 24.8 Å². The van der Waals surface area contributed by atoms with Crippen LogP contribution in [0, 0.1) is 5.82 Å². The Labute approximate surface area is 145 Å². The fraction of sp³-hybridized carbons (Fsp3) is 0.0476. The van der Waals surface area contributed by atoms with Gasteiger partial charge in [-0.1, -0.05) is 42.5 Å². The van der Waals surface area contributed by atoms with Gasteiger partial charge >= 0.3 is 0 Å². The molecule has 4 rings (SSSR count). The Kier molecular flexibility index (Phi) is 4.09. The lowest BCUT2D eigenvalue weighted by molar-refractivity contribution is 0.628. The third kappa shape index (κ3) is 3.19. The first-order chi connectivity index (χ1) is 12.3. The molecule has 2 heterocycles. The Morgan fingerprint density at radius 3 is 2.52 bits per heavy atom. The lowest BCUT2D eigenvalue weighted by Gasteiger charge is -2.14. The first kappa shape index (κ1) is 15.3. The Morgan fingerprint density at radius 2 is 1.72 bits per heavy atom. The molecule has 0 aliphatic rings. The van der Waals surface area contributed by atoms with Crippen LogP contribution in [0.15, 0.2) is 85.6 Å². The van der Waals surface area contributed by atoms with Crippen molar-refractivity contribution in [2.75, 3.05) is 0 Å². The van der Waals surface area contributed by atoms with Crippen molar-refractivity contribution >= 4 is 0 Å². The zero-order chi connectivity index (χ0) is 17.1. The third-order valence-electron chi connectivity index (χ3n) is 4.14. The fourth-order valence-electron chi connectivity index (χ4n) is 2.97. The summed E-state index contributed by atoms with van der Waals surface area (Å²) < 4.78 is 15.9. The van der Waals surface area contributed by atoms with Gasteiger partial charge in [-0.25, -0.2) is 9.37 Å². The second-order valence-corrected chi connectivity index (χ2v) is 5.79. The van der Waals surface area contributed by atoms with Crippen molar-refractivity contribution in [2.45, 2.75) is 6.54 Å². The Hall–Kier alpha value is -3.27. The van der Waals surface area contributed by atoms with Crippen molar-refractivity contribution in [1.29, 1.82) is 0 Å². The molecule has 0 unspecified atom stereocenters. The van der Waals surface area contributed by atoms with Gasteiger partial charge in [0, 0.05) is 24.2 Å². The number of nitrogens with zero attached hydrogens (tertiary/aromatic N) is 3. The molecule has 122 valence electrons. The highest BCUT2D eigenvalue weighted by atomic mass is 19.1. The SMILES string of the molecule is Fc1ccc(-c2cccnc2Cn2ccnc2)c(-c2ccccc2)c1. The van der Waals surface area contributed by atoms with E-state index in [2.05, 4.69) is 9.97 Å². The van der Waals surface area contributed by atoms with Gasteiger partial charge in [0.15, 0.2) is 0 Å². The van der Waals surface area contributed by atoms with Crippen molar-refractivity contribution in [3.8, 4) is 22.3 Å². The van der Waals surface area contributed by atoms with Crippen LogP contribution in [0.1, 0.15) is 5.69 Å². The molecular weight excluding hydrogens is 313 g/mol. The molecule has 0 saturated carbocycles. The van der Waals surface area contributed by atoms with Gasteiger partial charge in [-0.2, -0.15) is 0 Å². The Bertz CT molecular complexity index is 979. The molecule has 0 N–H and O–H groups in total. The number of pyridine rings is 1. The Balaban J connectivity index is 1.86. The van der Waals surface area contributed by atoms with Gasteiger partial charge in [0.1, 0.15) is 5.82 Å². The number of benzene rings is 2. The number of hydrogen-bond donors (Lipinski definition) is 0. The lowest BCUT2D eigenvalue weighted by Crippen LogP contribution is -2.02. The summed E-state index contributed by atoms with van der Waals surface area (Å²) in [5.74, 6) is -0.248. The number of aromatic nitrogens is 3. The lowest BCUT2D eigenvalue weighted by atomic mass is 9.93. The van der Waals surface area contributed by atoms with Gasteiger partial charge < -0.3 is 4.57 Å². The molecule has 2 aromatic carbocycles. The van der Waals surface area contributed by atoms with Crippen molar-refractivity contribution in [1.82, 2.24) is 14.5 Å². The summed E-state index contributed by atoms with van der Waals surface area (Å²) in [5, 5.41) is 0. The third-order valence-corrected chi connectivity index (χ3v) is 4.14. The molecule has 0 aliphatic carbocycles. The van der Waals surface area contributed by atoms with Crippen LogP contribution in [0.4, 0.5) is 4.39 Å². The largest absolute Gasteiger partial charge is 0.331 e. The average Bonchev–Trinajstić information content (AvgIpc) is 3.16. The zero-order valence-corrected chi connectivity index (χ0v) is 13.5. The molecule has 0 fully saturated rings. The summed E-state index contributed by atoms with van der Waals surface area (Å²) in [5.41, 5.74) is 4.73. The molecule has 0 bridgehead atoms. The van der Waals surface area contributed by atoms with E-state index in [4.69, 9.17) is 0 Å². The van der Waals surface area contributed by atoms with E-state index >= 15 is 0 Å². The smallest absolute Gasteiger partial charge is 0.123 e. The van der Waals surface area contributed by atoms with Crippen LogP contribution in [-0.2, 0) is 6.54 Å². The maximum atomic E-state index is 13.9. The zero-order valence-electron chi connectivity index (χ0n) is 13.5. The summed E-state index contributed by atoms with van der Waals surface area (Å²) in [6, 6.07) is 18.7. The topological polar surface area (TPSA) is 30.7 Å². The molecule has 0 atom stereocenters. The first-order valence-electron chi connectivity index (χ1n) is 8.06. The quantitative estimate of drug-likeness (QED) is 0.538. The summed E-state index contributed by atoms with van der Waals surface area (Å²) in [7, 11) is 0. The van der Waals surface area contributed by atoms with Crippen LogP contribution in [0.3, 0.4) is 0 Å². The molecule has 0 radical (unpaired) electrons. The van der Waals surface area contributed by atoms with E-state index in [1.807, 2.05) is 59.3 Å². The molecule has 25 heavy (non-hydrogen) atoms. The molecule has 0 aliphatic heterocycles. The Morgan fingerprint density at radius 1 is 0.840 bits per heavy atom. The van der Waals surface area contributed by atoms with Gasteiger partial charge in [-0.15, -0.1) is 0 Å². The van der Waals surface area contributed by atoms with Crippen LogP contribution in [0.2, 0.25) is 0 Å². The molecule has 4 heteroatoms. The number of rotatable bonds is 4. The number of hydrogen-bond acceptors (Lipinski definition) is 2. The molecule has 4 aromatic rings. The van der Waals surface area contributed by atoms with E-state index in [0.717, 1.165) is 27.9 Å². The monoisotopic (exact) mass is 329 g/mol. The van der Waals surface area contributed by atoms with Crippen LogP contribution in [0.25, 0.3) is 22.3 Å². The van der Waals surface area contributed by atoms with Gasteiger partial charge in [0.25, 0.3) is 0 Å². The summed E-state index contributed by atoms with van der Waals surface area (Å²) in [4.78, 5) is 8.63. The molecule has 2 aromatic heterocycles. The maximum Gasteiger partial charge on any atom is 0.123 e. The predicted octanol–water partition coefficient (Wildman–Crippen LogP) is 4.80. The van der Waals surface area contributed by atoms with Gasteiger partial charge in [-0.3, -0.25) is 4.98 Å². The van der Waals surface area contributed by atoms with E-state index in [0.29, 0.717) is 6.54 Å². The molecule has 0 spiro atoms.